The molecule has 2 heterocycles. The third kappa shape index (κ3) is 4.54. The molecule has 0 fully saturated rings. The number of hydrogen-bond donors (Lipinski definition) is 3. The Balaban J connectivity index is 1.59. The fraction of sp³-hybridized carbons (Fsp3) is 0.0769. The zero-order chi connectivity index (χ0) is 25.9. The molecule has 0 aliphatic rings. The number of aromatic nitrogens is 3. The van der Waals surface area contributed by atoms with Crippen molar-refractivity contribution in [1.82, 2.24) is 14.8 Å². The highest BCUT2D eigenvalue weighted by atomic mass is 32.1. The van der Waals surface area contributed by atoms with Crippen molar-refractivity contribution in [2.45, 2.75) is 13.5 Å². The molecular weight excluding hydrogens is 490 g/mol. The molecule has 0 bridgehead atoms. The summed E-state index contributed by atoms with van der Waals surface area (Å²) in [7, 11) is 0. The smallest absolute Gasteiger partial charge is 0.259 e. The number of phenolic OH excluding ortho intramolecular Hbond substituents is 1. The molecule has 0 spiro atoms. The maximum Gasteiger partial charge on any atom is 0.259 e. The van der Waals surface area contributed by atoms with Crippen molar-refractivity contribution in [1.29, 1.82) is 0 Å². The van der Waals surface area contributed by atoms with Gasteiger partial charge in [-0.25, -0.2) is 9.83 Å². The average Bonchev–Trinajstić information content (AvgIpc) is 3.56. The molecule has 0 aliphatic carbocycles. The van der Waals surface area contributed by atoms with E-state index in [1.165, 1.54) is 16.0 Å². The number of carbonyl (C=O) groups excluding carboxylic acids is 1. The number of aromatic hydroxyl groups is 1. The second-order valence-corrected chi connectivity index (χ2v) is 8.82. The van der Waals surface area contributed by atoms with Crippen molar-refractivity contribution in [3.8, 4) is 10.9 Å². The van der Waals surface area contributed by atoms with Crippen LogP contribution in [-0.2, 0) is 6.61 Å². The molecule has 0 saturated carbocycles. The van der Waals surface area contributed by atoms with Crippen molar-refractivity contribution in [3.63, 3.8) is 0 Å². The molecule has 11 heteroatoms. The van der Waals surface area contributed by atoms with Crippen molar-refractivity contribution < 1.29 is 15.0 Å². The Labute approximate surface area is 215 Å². The first kappa shape index (κ1) is 23.8. The molecule has 10 nitrogen and oxygen atoms in total. The van der Waals surface area contributed by atoms with Crippen LogP contribution in [0, 0.1) is 13.5 Å². The molecule has 3 N–H and O–H groups in total. The monoisotopic (exact) mass is 509 g/mol. The minimum atomic E-state index is -0.540. The zero-order valence-electron chi connectivity index (χ0n) is 19.5. The molecule has 5 aromatic rings. The van der Waals surface area contributed by atoms with E-state index in [0.29, 0.717) is 32.8 Å². The molecule has 182 valence electrons. The number of amides is 1. The largest absolute Gasteiger partial charge is 0.505 e. The Morgan fingerprint density at radius 3 is 2.68 bits per heavy atom. The highest BCUT2D eigenvalue weighted by Crippen LogP contribution is 2.41. The fourth-order valence-electron chi connectivity index (χ4n) is 3.76. The number of aliphatic hydroxyl groups excluding tert-OH is 1. The topological polar surface area (TPSA) is 129 Å². The lowest BCUT2D eigenvalue weighted by Gasteiger charge is -2.11. The lowest BCUT2D eigenvalue weighted by atomic mass is 10.0. The molecule has 0 atom stereocenters. The van der Waals surface area contributed by atoms with E-state index in [2.05, 4.69) is 30.5 Å². The van der Waals surface area contributed by atoms with Crippen LogP contribution in [0.25, 0.3) is 20.7 Å². The van der Waals surface area contributed by atoms with E-state index in [9.17, 15) is 15.0 Å². The highest BCUT2D eigenvalue weighted by molar-refractivity contribution is 7.12. The Hall–Kier alpha value is -4.92. The number of phenols is 1. The number of fused-ring (bicyclic) bond motifs is 1. The van der Waals surface area contributed by atoms with Gasteiger partial charge in [-0.3, -0.25) is 4.79 Å². The lowest BCUT2D eigenvalue weighted by Crippen LogP contribution is -2.12. The Morgan fingerprint density at radius 1 is 1.19 bits per heavy atom. The summed E-state index contributed by atoms with van der Waals surface area (Å²) in [4.78, 5) is 20.9. The zero-order valence-corrected chi connectivity index (χ0v) is 20.3. The summed E-state index contributed by atoms with van der Waals surface area (Å²) in [5.74, 6) is -0.722. The molecule has 3 aromatic carbocycles. The first-order valence-electron chi connectivity index (χ1n) is 11.0. The minimum Gasteiger partial charge on any atom is -0.505 e. The average molecular weight is 510 g/mol. The van der Waals surface area contributed by atoms with Gasteiger partial charge in [-0.1, -0.05) is 36.4 Å². The van der Waals surface area contributed by atoms with Gasteiger partial charge in [0.05, 0.1) is 24.4 Å². The van der Waals surface area contributed by atoms with E-state index in [4.69, 9.17) is 6.57 Å². The molecule has 0 radical (unpaired) electrons. The van der Waals surface area contributed by atoms with E-state index < -0.39 is 5.91 Å². The van der Waals surface area contributed by atoms with Gasteiger partial charge in [0.25, 0.3) is 11.6 Å². The molecule has 37 heavy (non-hydrogen) atoms. The fourth-order valence-corrected chi connectivity index (χ4v) is 4.35. The van der Waals surface area contributed by atoms with E-state index in [0.717, 1.165) is 0 Å². The van der Waals surface area contributed by atoms with Gasteiger partial charge in [0.1, 0.15) is 5.69 Å². The highest BCUT2D eigenvalue weighted by Gasteiger charge is 2.21. The summed E-state index contributed by atoms with van der Waals surface area (Å²) in [5, 5.41) is 39.7. The number of azo groups is 1. The van der Waals surface area contributed by atoms with Gasteiger partial charge in [0.2, 0.25) is 5.13 Å². The number of aryl methyl sites for hydroxylation is 1. The van der Waals surface area contributed by atoms with Gasteiger partial charge in [0.15, 0.2) is 11.6 Å². The maximum atomic E-state index is 13.1. The van der Waals surface area contributed by atoms with Gasteiger partial charge in [-0.05, 0) is 36.1 Å². The Bertz CT molecular complexity index is 1680. The van der Waals surface area contributed by atoms with Crippen molar-refractivity contribution in [3.05, 3.63) is 94.4 Å². The van der Waals surface area contributed by atoms with Crippen LogP contribution in [-0.4, -0.2) is 30.9 Å². The van der Waals surface area contributed by atoms with Gasteiger partial charge >= 0.3 is 0 Å². The van der Waals surface area contributed by atoms with Crippen LogP contribution in [0.1, 0.15) is 21.6 Å². The molecule has 5 rings (SSSR count). The van der Waals surface area contributed by atoms with Gasteiger partial charge < -0.3 is 15.5 Å². The molecular formula is C26H19N7O3S. The van der Waals surface area contributed by atoms with Crippen LogP contribution in [0.15, 0.2) is 76.4 Å². The van der Waals surface area contributed by atoms with Gasteiger partial charge in [-0.2, -0.15) is 9.78 Å². The van der Waals surface area contributed by atoms with Gasteiger partial charge in [0, 0.05) is 22.7 Å². The molecule has 2 aromatic heterocycles. The number of rotatable bonds is 6. The molecule has 1 amide bonds. The second kappa shape index (κ2) is 9.98. The van der Waals surface area contributed by atoms with Crippen molar-refractivity contribution in [2.75, 3.05) is 5.32 Å². The van der Waals surface area contributed by atoms with Crippen LogP contribution in [0.3, 0.4) is 0 Å². The summed E-state index contributed by atoms with van der Waals surface area (Å²) in [5.41, 5.74) is 1.98. The maximum absolute atomic E-state index is 13.1. The number of carbonyl (C=O) groups is 1. The Morgan fingerprint density at radius 2 is 1.97 bits per heavy atom. The van der Waals surface area contributed by atoms with Crippen molar-refractivity contribution in [2.24, 2.45) is 10.2 Å². The second-order valence-electron chi connectivity index (χ2n) is 7.95. The number of nitrogens with zero attached hydrogens (tertiary/aromatic N) is 6. The summed E-state index contributed by atoms with van der Waals surface area (Å²) >= 11 is 1.33. The minimum absolute atomic E-state index is 0.00824. The summed E-state index contributed by atoms with van der Waals surface area (Å²) < 4.78 is 1.43. The number of benzene rings is 3. The number of thiazole rings is 1. The van der Waals surface area contributed by atoms with Crippen LogP contribution < -0.4 is 5.32 Å². The van der Waals surface area contributed by atoms with Gasteiger partial charge in [-0.15, -0.1) is 21.6 Å². The quantitative estimate of drug-likeness (QED) is 0.185. The van der Waals surface area contributed by atoms with Crippen LogP contribution in [0.5, 0.6) is 5.75 Å². The predicted molar refractivity (Wildman–Crippen MR) is 140 cm³/mol. The first-order valence-corrected chi connectivity index (χ1v) is 11.9. The molecule has 0 saturated heterocycles. The SMILES string of the molecule is [C-]#[N+]c1c(C)nn(-c2nccs2)c1N=Nc1c(O)c(C(=O)Nc2ccc(CO)cc2)cc2ccccc12. The lowest BCUT2D eigenvalue weighted by molar-refractivity contribution is 0.102. The third-order valence-electron chi connectivity index (χ3n) is 5.60. The van der Waals surface area contributed by atoms with Crippen LogP contribution in [0.2, 0.25) is 0 Å². The Kier molecular flexibility index (Phi) is 6.42. The molecule has 0 unspecified atom stereocenters. The van der Waals surface area contributed by atoms with E-state index in [-0.39, 0.29) is 35.1 Å². The number of hydrogen-bond acceptors (Lipinski definition) is 8. The van der Waals surface area contributed by atoms with E-state index in [1.54, 1.807) is 67.0 Å². The summed E-state index contributed by atoms with van der Waals surface area (Å²) in [6.07, 6.45) is 1.62. The summed E-state index contributed by atoms with van der Waals surface area (Å²) in [6, 6.07) is 15.5. The van der Waals surface area contributed by atoms with Crippen LogP contribution in [0.4, 0.5) is 22.9 Å². The first-order chi connectivity index (χ1) is 18.0. The molecule has 0 aliphatic heterocycles. The van der Waals surface area contributed by atoms with Crippen LogP contribution >= 0.6 is 11.3 Å². The number of anilines is 1. The number of aliphatic hydroxyl groups is 1. The predicted octanol–water partition coefficient (Wildman–Crippen LogP) is 6.21. The van der Waals surface area contributed by atoms with E-state index >= 15 is 0 Å². The standard InChI is InChI=1S/C26H19N7O3S/c1-15-21(27-2)24(33(32-15)26-28-11-12-37-26)31-30-22-19-6-4-3-5-17(19)13-20(23(22)35)25(36)29-18-9-7-16(14-34)8-10-18/h3-13,34-35H,14H2,1H3,(H,29,36). The van der Waals surface area contributed by atoms with E-state index in [1.807, 2.05) is 6.07 Å². The third-order valence-corrected chi connectivity index (χ3v) is 6.34. The number of nitrogens with one attached hydrogen (secondary N) is 1. The summed E-state index contributed by atoms with van der Waals surface area (Å²) in [6.45, 7) is 9.17. The van der Waals surface area contributed by atoms with Crippen molar-refractivity contribution >= 4 is 50.9 Å². The normalized spacial score (nSPS) is 11.2.